The molecule has 2 aliphatic rings. The molecule has 0 amide bonds. The molecule has 0 atom stereocenters. The van der Waals surface area contributed by atoms with Gasteiger partial charge in [0, 0.05) is 0 Å². The van der Waals surface area contributed by atoms with Crippen LogP contribution in [0.15, 0.2) is 70.6 Å². The Morgan fingerprint density at radius 1 is 0.846 bits per heavy atom. The molecule has 0 unspecified atom stereocenters. The Balaban J connectivity index is 0.000000570. The van der Waals surface area contributed by atoms with E-state index in [2.05, 4.69) is 79.9 Å². The van der Waals surface area contributed by atoms with E-state index in [4.69, 9.17) is 10.2 Å². The quantitative estimate of drug-likeness (QED) is 0.745. The average Bonchev–Trinajstić information content (AvgIpc) is 3.33. The molecule has 2 aliphatic carbocycles. The van der Waals surface area contributed by atoms with Gasteiger partial charge in [0.2, 0.25) is 0 Å². The monoisotopic (exact) mass is 399 g/mol. The van der Waals surface area contributed by atoms with Crippen molar-refractivity contribution < 1.29 is 27.3 Å². The van der Waals surface area contributed by atoms with Gasteiger partial charge in [0.05, 0.1) is 0 Å². The number of benzene rings is 2. The van der Waals surface area contributed by atoms with Gasteiger partial charge in [0.1, 0.15) is 0 Å². The Labute approximate surface area is 164 Å². The topological polar surface area (TPSA) is 46.1 Å². The molecule has 26 heavy (non-hydrogen) atoms. The number of allylic oxidation sites excluding steroid dienone is 4. The van der Waals surface area contributed by atoms with Crippen LogP contribution in [-0.4, -0.2) is 20.9 Å². The fraction of sp³-hybridized carbons (Fsp3) is 0.273. The molecular weight excluding hydrogens is 372 g/mol. The zero-order chi connectivity index (χ0) is 19.1. The summed E-state index contributed by atoms with van der Waals surface area (Å²) in [6, 6.07) is 18.3. The third-order valence-corrected chi connectivity index (χ3v) is 18.6. The number of hydrogen-bond acceptors (Lipinski definition) is 2. The van der Waals surface area contributed by atoms with Gasteiger partial charge < -0.3 is 10.2 Å². The van der Waals surface area contributed by atoms with Crippen molar-refractivity contribution in [3.8, 4) is 11.1 Å². The van der Waals surface area contributed by atoms with Gasteiger partial charge in [-0.25, -0.2) is 0 Å². The van der Waals surface area contributed by atoms with Crippen LogP contribution < -0.4 is 10.2 Å². The van der Waals surface area contributed by atoms with Crippen molar-refractivity contribution in [1.29, 1.82) is 0 Å². The van der Waals surface area contributed by atoms with E-state index in [0.29, 0.717) is 0 Å². The van der Waals surface area contributed by atoms with Crippen molar-refractivity contribution >= 4 is 6.66 Å². The number of hydrogen-bond donors (Lipinski definition) is 0. The molecule has 2 aromatic rings. The summed E-state index contributed by atoms with van der Waals surface area (Å²) < 4.78 is 2.54. The second-order valence-electron chi connectivity index (χ2n) is 6.54. The van der Waals surface area contributed by atoms with E-state index in [9.17, 15) is 0 Å². The van der Waals surface area contributed by atoms with Gasteiger partial charge in [-0.2, -0.15) is 14.2 Å². The van der Waals surface area contributed by atoms with Crippen LogP contribution in [0, 0.1) is 0 Å². The van der Waals surface area contributed by atoms with Gasteiger partial charge in [0.15, 0.2) is 0 Å². The fourth-order valence-corrected chi connectivity index (χ4v) is 17.8. The maximum absolute atomic E-state index is 8.25. The predicted octanol–water partition coefficient (Wildman–Crippen LogP) is 3.15. The molecule has 4 rings (SSSR count). The van der Waals surface area contributed by atoms with Gasteiger partial charge in [-0.15, -0.1) is 0 Å². The molecule has 0 aromatic heterocycles. The first-order valence-electron chi connectivity index (χ1n) is 9.00. The average molecular weight is 399 g/mol. The number of rotatable bonds is 3. The van der Waals surface area contributed by atoms with Crippen molar-refractivity contribution in [1.82, 2.24) is 0 Å². The Bertz CT molecular complexity index is 738. The molecule has 0 saturated heterocycles. The molecule has 2 aromatic carbocycles. The van der Waals surface area contributed by atoms with Gasteiger partial charge in [-0.1, -0.05) is 0 Å². The summed E-state index contributed by atoms with van der Waals surface area (Å²) in [5, 5.41) is 16.5. The maximum atomic E-state index is 8.25. The number of fused-ring (bicyclic) bond motifs is 3. The molecule has 0 bridgehead atoms. The third-order valence-electron chi connectivity index (χ3n) is 4.91. The van der Waals surface area contributed by atoms with Crippen LogP contribution in [0.2, 0.25) is 13.1 Å². The van der Waals surface area contributed by atoms with Crippen molar-refractivity contribution in [3.05, 3.63) is 81.8 Å². The van der Waals surface area contributed by atoms with E-state index in [1.165, 1.54) is 17.5 Å². The van der Waals surface area contributed by atoms with Crippen molar-refractivity contribution in [2.24, 2.45) is 0 Å². The van der Waals surface area contributed by atoms with Crippen LogP contribution in [0.1, 0.15) is 21.8 Å². The van der Waals surface area contributed by atoms with Crippen molar-refractivity contribution in [2.45, 2.75) is 23.7 Å². The van der Waals surface area contributed by atoms with Crippen LogP contribution in [-0.2, 0) is 17.1 Å². The van der Waals surface area contributed by atoms with Gasteiger partial charge in [-0.05, 0) is 0 Å². The molecule has 135 valence electrons. The molecule has 0 spiro atoms. The van der Waals surface area contributed by atoms with Crippen LogP contribution in [0.3, 0.4) is 0 Å². The minimum absolute atomic E-state index is 0.651. The summed E-state index contributed by atoms with van der Waals surface area (Å²) in [5.41, 5.74) is 6.23. The SMILES string of the molecule is C[O-].C[O-].C[SiH](C)[Ti+2]([C]1=CC=CC1)[CH]1c2ccccc2-c2ccccc21. The first kappa shape index (κ1) is 21.1. The van der Waals surface area contributed by atoms with E-state index < -0.39 is 23.8 Å². The minimum atomic E-state index is -1.28. The molecule has 4 heteroatoms. The summed E-state index contributed by atoms with van der Waals surface area (Å²) in [7, 11) is 1.50. The van der Waals surface area contributed by atoms with Crippen LogP contribution in [0.4, 0.5) is 0 Å². The van der Waals surface area contributed by atoms with Gasteiger partial charge in [0.25, 0.3) is 0 Å². The first-order chi connectivity index (χ1) is 12.8. The molecular formula is C22H27O2SiTi. The Kier molecular flexibility index (Phi) is 8.26. The summed E-state index contributed by atoms with van der Waals surface area (Å²) in [4.78, 5) is 0. The van der Waals surface area contributed by atoms with Crippen molar-refractivity contribution in [3.63, 3.8) is 0 Å². The summed E-state index contributed by atoms with van der Waals surface area (Å²) in [5.74, 6) is 0. The van der Waals surface area contributed by atoms with Gasteiger partial charge >= 0.3 is 140 Å². The van der Waals surface area contributed by atoms with E-state index in [1.807, 2.05) is 3.88 Å². The molecule has 2 nitrogen and oxygen atoms in total. The zero-order valence-electron chi connectivity index (χ0n) is 16.0. The van der Waals surface area contributed by atoms with Crippen LogP contribution in [0.25, 0.3) is 11.1 Å². The Morgan fingerprint density at radius 3 is 1.77 bits per heavy atom. The van der Waals surface area contributed by atoms with Crippen LogP contribution in [0.5, 0.6) is 0 Å². The second-order valence-corrected chi connectivity index (χ2v) is 20.2. The van der Waals surface area contributed by atoms with Crippen molar-refractivity contribution in [2.75, 3.05) is 14.2 Å². The fourth-order valence-electron chi connectivity index (χ4n) is 4.04. The standard InChI is InChI=1S/C13H9.C5H5.C2H7Si.2CH3O.Ti/c1-3-7-12-10(5-1)9-11-6-2-4-8-13(11)12;1-2-4-5-3-1;1-3-2;2*1-2;/h1-9H;1-3H,4H2;3H,1-2H3;2*1H3;/q;;;2*-1;+2. The summed E-state index contributed by atoms with van der Waals surface area (Å²) in [6.45, 7) is 4.51. The van der Waals surface area contributed by atoms with Crippen LogP contribution >= 0.6 is 0 Å². The molecule has 0 N–H and O–H groups in total. The van der Waals surface area contributed by atoms with E-state index in [1.54, 1.807) is 11.1 Å². The second kappa shape index (κ2) is 10.2. The van der Waals surface area contributed by atoms with E-state index in [0.717, 1.165) is 18.4 Å². The normalized spacial score (nSPS) is 13.9. The molecule has 0 saturated carbocycles. The Morgan fingerprint density at radius 2 is 1.35 bits per heavy atom. The van der Waals surface area contributed by atoms with E-state index in [-0.39, 0.29) is 0 Å². The summed E-state index contributed by atoms with van der Waals surface area (Å²) in [6.07, 6.45) is 8.31. The summed E-state index contributed by atoms with van der Waals surface area (Å²) >= 11 is -1.28. The molecule has 0 radical (unpaired) electrons. The van der Waals surface area contributed by atoms with Gasteiger partial charge in [-0.3, -0.25) is 0 Å². The third kappa shape index (κ3) is 4.03. The zero-order valence-corrected chi connectivity index (χ0v) is 18.7. The van der Waals surface area contributed by atoms with E-state index >= 15 is 0 Å². The predicted molar refractivity (Wildman–Crippen MR) is 106 cm³/mol. The first-order valence-corrected chi connectivity index (χ1v) is 16.3. The molecule has 0 aliphatic heterocycles. The molecule has 0 fully saturated rings. The molecule has 0 heterocycles. The Hall–Kier alpha value is -1.23.